The number of hydrogen-bond acceptors (Lipinski definition) is 1. The van der Waals surface area contributed by atoms with Gasteiger partial charge in [-0.05, 0) is 136 Å². The predicted molar refractivity (Wildman–Crippen MR) is 164 cm³/mol. The monoisotopic (exact) mass is 584 g/mol. The molecule has 0 radical (unpaired) electrons. The summed E-state index contributed by atoms with van der Waals surface area (Å²) in [6.07, 6.45) is 19.3. The van der Waals surface area contributed by atoms with E-state index >= 15 is 0 Å². The molecule has 0 amide bonds. The molecule has 2 aliphatic rings. The molecular weight excluding hydrogens is 536 g/mol. The molecule has 1 atom stereocenters. The summed E-state index contributed by atoms with van der Waals surface area (Å²) in [7, 11) is 0. The second-order valence-electron chi connectivity index (χ2n) is 12.6. The summed E-state index contributed by atoms with van der Waals surface area (Å²) in [6, 6.07) is 7.62. The molecule has 0 aliphatic heterocycles. The van der Waals surface area contributed by atoms with Crippen LogP contribution in [-0.4, -0.2) is 12.8 Å². The Labute approximate surface area is 250 Å². The summed E-state index contributed by atoms with van der Waals surface area (Å²) in [5.74, 6) is 0.299. The minimum absolute atomic E-state index is 0.0216. The van der Waals surface area contributed by atoms with Crippen LogP contribution in [0.15, 0.2) is 55.1 Å². The second kappa shape index (κ2) is 16.3. The Bertz CT molecular complexity index is 1160. The van der Waals surface area contributed by atoms with Crippen LogP contribution in [0.4, 0.5) is 17.6 Å². The molecule has 5 heteroatoms. The number of aryl methyl sites for hydroxylation is 2. The van der Waals surface area contributed by atoms with Crippen LogP contribution in [0.1, 0.15) is 94.2 Å². The molecule has 0 N–H and O–H groups in total. The van der Waals surface area contributed by atoms with E-state index < -0.39 is 30.2 Å². The van der Waals surface area contributed by atoms with E-state index in [1.165, 1.54) is 50.3 Å². The van der Waals surface area contributed by atoms with Crippen LogP contribution in [0.25, 0.3) is 0 Å². The number of allylic oxidation sites excluding steroid dienone is 3. The maximum atomic E-state index is 14.9. The number of ether oxygens (including phenoxy) is 1. The van der Waals surface area contributed by atoms with Crippen LogP contribution in [0.2, 0.25) is 0 Å². The van der Waals surface area contributed by atoms with Gasteiger partial charge >= 0.3 is 0 Å². The quantitative estimate of drug-likeness (QED) is 0.159. The Morgan fingerprint density at radius 3 is 2.02 bits per heavy atom. The van der Waals surface area contributed by atoms with Crippen molar-refractivity contribution < 1.29 is 22.3 Å². The summed E-state index contributed by atoms with van der Waals surface area (Å²) in [6.45, 7) is 5.32. The van der Waals surface area contributed by atoms with Crippen molar-refractivity contribution in [2.45, 2.75) is 103 Å². The van der Waals surface area contributed by atoms with E-state index in [0.717, 1.165) is 55.9 Å². The molecule has 0 spiro atoms. The minimum Gasteiger partial charge on any atom is -0.487 e. The zero-order chi connectivity index (χ0) is 29.9. The Morgan fingerprint density at radius 1 is 0.833 bits per heavy atom. The molecule has 2 aromatic rings. The van der Waals surface area contributed by atoms with Gasteiger partial charge in [0.05, 0.1) is 0 Å². The molecule has 0 aromatic heterocycles. The van der Waals surface area contributed by atoms with Gasteiger partial charge in [0.15, 0.2) is 23.2 Å². The van der Waals surface area contributed by atoms with Crippen LogP contribution in [0.3, 0.4) is 0 Å². The zero-order valence-corrected chi connectivity index (χ0v) is 25.2. The van der Waals surface area contributed by atoms with E-state index in [1.54, 1.807) is 12.1 Å². The maximum Gasteiger partial charge on any atom is 0.165 e. The molecule has 42 heavy (non-hydrogen) atoms. The lowest BCUT2D eigenvalue weighted by Crippen LogP contribution is -2.18. The lowest BCUT2D eigenvalue weighted by molar-refractivity contribution is 0.188. The normalized spacial score (nSPS) is 23.6. The van der Waals surface area contributed by atoms with Gasteiger partial charge in [0, 0.05) is 6.42 Å². The number of rotatable bonds is 14. The van der Waals surface area contributed by atoms with Crippen molar-refractivity contribution in [3.63, 3.8) is 0 Å². The molecule has 0 heterocycles. The van der Waals surface area contributed by atoms with Crippen molar-refractivity contribution in [1.29, 1.82) is 0 Å². The molecule has 1 nitrogen and oxygen atoms in total. The molecule has 1 unspecified atom stereocenters. The first-order chi connectivity index (χ1) is 20.4. The lowest BCUT2D eigenvalue weighted by atomic mass is 9.77. The number of hydrogen-bond donors (Lipinski definition) is 0. The maximum absolute atomic E-state index is 14.9. The average Bonchev–Trinajstić information content (AvgIpc) is 3.01. The van der Waals surface area contributed by atoms with Gasteiger partial charge in [0.2, 0.25) is 0 Å². The standard InChI is InChI=1S/C37H48F4O/c1-3-5-6-27-7-9-28(10-8-27)11-12-29-13-15-30(16-14-29)17-19-31-20-21-32(37(41)36(31)40)24-33(38)25-42-35-22-18-26(4-2)23-34(35)39/h3,11-12,18,20-23,27-30,33H,1,4-10,13-17,19,24-25H2,2H3. The van der Waals surface area contributed by atoms with Crippen LogP contribution >= 0.6 is 0 Å². The highest BCUT2D eigenvalue weighted by Crippen LogP contribution is 2.36. The van der Waals surface area contributed by atoms with Gasteiger partial charge in [-0.2, -0.15) is 0 Å². The molecule has 0 bridgehead atoms. The third-order valence-electron chi connectivity index (χ3n) is 9.55. The van der Waals surface area contributed by atoms with Crippen molar-refractivity contribution in [1.82, 2.24) is 0 Å². The lowest BCUT2D eigenvalue weighted by Gasteiger charge is -2.29. The molecule has 4 rings (SSSR count). The molecule has 2 fully saturated rings. The predicted octanol–water partition coefficient (Wildman–Crippen LogP) is 10.7. The fraction of sp³-hybridized carbons (Fsp3) is 0.568. The Kier molecular flexibility index (Phi) is 12.6. The second-order valence-corrected chi connectivity index (χ2v) is 12.6. The van der Waals surface area contributed by atoms with Crippen molar-refractivity contribution >= 4 is 0 Å². The molecule has 2 saturated carbocycles. The van der Waals surface area contributed by atoms with Crippen LogP contribution in [-0.2, 0) is 19.3 Å². The molecule has 230 valence electrons. The molecule has 2 aliphatic carbocycles. The average molecular weight is 585 g/mol. The van der Waals surface area contributed by atoms with Gasteiger partial charge in [0.25, 0.3) is 0 Å². The smallest absolute Gasteiger partial charge is 0.165 e. The fourth-order valence-electron chi connectivity index (χ4n) is 6.71. The van der Waals surface area contributed by atoms with Gasteiger partial charge in [0.1, 0.15) is 12.8 Å². The first-order valence-electron chi connectivity index (χ1n) is 16.2. The highest BCUT2D eigenvalue weighted by molar-refractivity contribution is 5.30. The number of halogens is 4. The van der Waals surface area contributed by atoms with Gasteiger partial charge in [-0.25, -0.2) is 17.6 Å². The van der Waals surface area contributed by atoms with E-state index in [4.69, 9.17) is 4.74 Å². The van der Waals surface area contributed by atoms with Crippen LogP contribution < -0.4 is 4.74 Å². The van der Waals surface area contributed by atoms with E-state index in [9.17, 15) is 17.6 Å². The summed E-state index contributed by atoms with van der Waals surface area (Å²) in [5, 5.41) is 0. The Morgan fingerprint density at radius 2 is 1.43 bits per heavy atom. The summed E-state index contributed by atoms with van der Waals surface area (Å²) in [4.78, 5) is 0. The van der Waals surface area contributed by atoms with E-state index in [-0.39, 0.29) is 17.7 Å². The first-order valence-corrected chi connectivity index (χ1v) is 16.2. The van der Waals surface area contributed by atoms with Crippen molar-refractivity contribution in [3.05, 3.63) is 89.3 Å². The summed E-state index contributed by atoms with van der Waals surface area (Å²) < 4.78 is 63.6. The third kappa shape index (κ3) is 9.47. The number of benzene rings is 2. The van der Waals surface area contributed by atoms with E-state index in [1.807, 2.05) is 13.0 Å². The van der Waals surface area contributed by atoms with Crippen molar-refractivity contribution in [3.8, 4) is 5.75 Å². The van der Waals surface area contributed by atoms with Crippen LogP contribution in [0.5, 0.6) is 5.75 Å². The topological polar surface area (TPSA) is 9.23 Å². The zero-order valence-electron chi connectivity index (χ0n) is 25.2. The van der Waals surface area contributed by atoms with Crippen molar-refractivity contribution in [2.24, 2.45) is 23.7 Å². The molecular formula is C37H48F4O. The van der Waals surface area contributed by atoms with Crippen molar-refractivity contribution in [2.75, 3.05) is 6.61 Å². The van der Waals surface area contributed by atoms with E-state index in [0.29, 0.717) is 30.2 Å². The van der Waals surface area contributed by atoms with Gasteiger partial charge in [-0.3, -0.25) is 0 Å². The highest BCUT2D eigenvalue weighted by atomic mass is 19.2. The fourth-order valence-corrected chi connectivity index (χ4v) is 6.71. The Hall–Kier alpha value is -2.56. The largest absolute Gasteiger partial charge is 0.487 e. The number of alkyl halides is 1. The SMILES string of the molecule is C=CCCC1CCC(C=CC2CCC(CCc3ccc(CC(F)COc4ccc(CC)cc4F)c(F)c3F)CC2)CC1. The first kappa shape index (κ1) is 32.4. The summed E-state index contributed by atoms with van der Waals surface area (Å²) >= 11 is 0. The van der Waals surface area contributed by atoms with Gasteiger partial charge < -0.3 is 4.74 Å². The highest BCUT2D eigenvalue weighted by Gasteiger charge is 2.23. The molecule has 2 aromatic carbocycles. The van der Waals surface area contributed by atoms with Gasteiger partial charge in [-0.15, -0.1) is 6.58 Å². The Balaban J connectivity index is 1.17. The molecule has 0 saturated heterocycles. The van der Waals surface area contributed by atoms with Gasteiger partial charge in [-0.1, -0.05) is 43.4 Å². The van der Waals surface area contributed by atoms with Crippen LogP contribution in [0, 0.1) is 41.1 Å². The minimum atomic E-state index is -1.59. The van der Waals surface area contributed by atoms with E-state index in [2.05, 4.69) is 18.7 Å². The summed E-state index contributed by atoms with van der Waals surface area (Å²) in [5.41, 5.74) is 1.15. The third-order valence-corrected chi connectivity index (χ3v) is 9.55.